The van der Waals surface area contributed by atoms with E-state index in [1.54, 1.807) is 24.1 Å². The summed E-state index contributed by atoms with van der Waals surface area (Å²) in [6.45, 7) is 2.78. The molecule has 1 amide bonds. The van der Waals surface area contributed by atoms with E-state index >= 15 is 0 Å². The van der Waals surface area contributed by atoms with Crippen LogP contribution in [0.1, 0.15) is 40.1 Å². The van der Waals surface area contributed by atoms with E-state index in [-0.39, 0.29) is 35.4 Å². The normalized spacial score (nSPS) is 10.8. The predicted octanol–water partition coefficient (Wildman–Crippen LogP) is 1.48. The Kier molecular flexibility index (Phi) is 7.36. The first-order chi connectivity index (χ1) is 15.3. The van der Waals surface area contributed by atoms with Crippen LogP contribution in [0, 0.1) is 5.82 Å². The number of anilines is 2. The molecule has 0 atom stereocenters. The average molecular weight is 462 g/mol. The molecule has 10 nitrogen and oxygen atoms in total. The fraction of sp³-hybridized carbons (Fsp3) is 0.350. The Hall–Kier alpha value is -3.54. The number of aromatic amines is 1. The van der Waals surface area contributed by atoms with Gasteiger partial charge in [-0.25, -0.2) is 9.18 Å². The number of hydrogen-bond donors (Lipinski definition) is 3. The number of unbranched alkanes of at least 4 members (excludes halogenated alkanes) is 1. The zero-order chi connectivity index (χ0) is 23.3. The van der Waals surface area contributed by atoms with Crippen molar-refractivity contribution in [3.05, 3.63) is 66.5 Å². The van der Waals surface area contributed by atoms with E-state index < -0.39 is 17.2 Å². The molecule has 0 aliphatic rings. The summed E-state index contributed by atoms with van der Waals surface area (Å²) in [4.78, 5) is 40.6. The number of carbonyl (C=O) groups is 1. The van der Waals surface area contributed by atoms with E-state index in [2.05, 4.69) is 20.5 Å². The minimum atomic E-state index is -0.593. The second-order valence-electron chi connectivity index (χ2n) is 7.16. The van der Waals surface area contributed by atoms with Gasteiger partial charge in [-0.3, -0.25) is 19.1 Å². The first-order valence-corrected chi connectivity index (χ1v) is 10.8. The van der Waals surface area contributed by atoms with Gasteiger partial charge in [-0.1, -0.05) is 36.8 Å². The summed E-state index contributed by atoms with van der Waals surface area (Å²) in [7, 11) is 1.64. The van der Waals surface area contributed by atoms with Gasteiger partial charge in [0.25, 0.3) is 11.5 Å². The molecule has 2 heterocycles. The van der Waals surface area contributed by atoms with Gasteiger partial charge in [0, 0.05) is 20.1 Å². The van der Waals surface area contributed by atoms with Crippen molar-refractivity contribution in [2.75, 3.05) is 17.7 Å². The smallest absolute Gasteiger partial charge is 0.330 e. The van der Waals surface area contributed by atoms with E-state index in [1.807, 2.05) is 6.92 Å². The lowest BCUT2D eigenvalue weighted by Crippen LogP contribution is -2.37. The SMILES string of the molecule is CCCCn1c(N)c(N(C)Cc2nnc(C(=O)NCc3ccc(F)cc3)s2)c(=O)[nH]c1=O. The minimum absolute atomic E-state index is 0.0801. The van der Waals surface area contributed by atoms with Gasteiger partial charge in [0.1, 0.15) is 22.3 Å². The fourth-order valence-corrected chi connectivity index (χ4v) is 3.85. The van der Waals surface area contributed by atoms with Crippen LogP contribution in [0.5, 0.6) is 0 Å². The van der Waals surface area contributed by atoms with Gasteiger partial charge < -0.3 is 16.0 Å². The number of nitrogens with zero attached hydrogens (tertiary/aromatic N) is 4. The Bertz CT molecular complexity index is 1200. The van der Waals surface area contributed by atoms with E-state index in [4.69, 9.17) is 5.73 Å². The van der Waals surface area contributed by atoms with Gasteiger partial charge in [-0.2, -0.15) is 0 Å². The molecule has 0 fully saturated rings. The number of H-pyrrole nitrogens is 1. The van der Waals surface area contributed by atoms with Gasteiger partial charge >= 0.3 is 5.69 Å². The maximum Gasteiger partial charge on any atom is 0.330 e. The molecular formula is C20H24FN7O3S. The maximum atomic E-state index is 13.0. The van der Waals surface area contributed by atoms with Crippen LogP contribution in [0.15, 0.2) is 33.9 Å². The van der Waals surface area contributed by atoms with E-state index in [0.717, 1.165) is 29.7 Å². The number of carbonyl (C=O) groups excluding carboxylic acids is 1. The van der Waals surface area contributed by atoms with Crippen LogP contribution in [0.25, 0.3) is 0 Å². The van der Waals surface area contributed by atoms with Crippen LogP contribution in [0.3, 0.4) is 0 Å². The van der Waals surface area contributed by atoms with Gasteiger partial charge in [0.05, 0.1) is 6.54 Å². The molecule has 0 saturated heterocycles. The molecule has 0 radical (unpaired) electrons. The zero-order valence-electron chi connectivity index (χ0n) is 17.7. The number of halogens is 1. The molecule has 3 rings (SSSR count). The lowest BCUT2D eigenvalue weighted by atomic mass is 10.2. The summed E-state index contributed by atoms with van der Waals surface area (Å²) in [5, 5.41) is 11.3. The molecule has 32 heavy (non-hydrogen) atoms. The Morgan fingerprint density at radius 2 is 2.00 bits per heavy atom. The third-order valence-electron chi connectivity index (χ3n) is 4.73. The topological polar surface area (TPSA) is 139 Å². The third kappa shape index (κ3) is 5.38. The molecule has 0 unspecified atom stereocenters. The monoisotopic (exact) mass is 461 g/mol. The Morgan fingerprint density at radius 3 is 2.69 bits per heavy atom. The van der Waals surface area contributed by atoms with Crippen LogP contribution >= 0.6 is 11.3 Å². The molecule has 0 aliphatic carbocycles. The van der Waals surface area contributed by atoms with Crippen LogP contribution in [-0.2, 0) is 19.6 Å². The fourth-order valence-electron chi connectivity index (χ4n) is 3.04. The molecule has 0 bridgehead atoms. The van der Waals surface area contributed by atoms with E-state index in [9.17, 15) is 18.8 Å². The summed E-state index contributed by atoms with van der Waals surface area (Å²) in [5.41, 5.74) is 5.88. The summed E-state index contributed by atoms with van der Waals surface area (Å²) < 4.78 is 14.3. The van der Waals surface area contributed by atoms with Gasteiger partial charge in [-0.15, -0.1) is 10.2 Å². The second-order valence-corrected chi connectivity index (χ2v) is 8.23. The Morgan fingerprint density at radius 1 is 1.28 bits per heavy atom. The number of rotatable bonds is 9. The highest BCUT2D eigenvalue weighted by Gasteiger charge is 2.19. The third-order valence-corrected chi connectivity index (χ3v) is 5.64. The number of benzene rings is 1. The van der Waals surface area contributed by atoms with Crippen molar-refractivity contribution in [2.24, 2.45) is 0 Å². The Labute approximate surface area is 186 Å². The highest BCUT2D eigenvalue weighted by Crippen LogP contribution is 2.19. The van der Waals surface area contributed by atoms with Crippen LogP contribution < -0.4 is 27.2 Å². The van der Waals surface area contributed by atoms with Crippen molar-refractivity contribution in [3.63, 3.8) is 0 Å². The quantitative estimate of drug-likeness (QED) is 0.439. The maximum absolute atomic E-state index is 13.0. The number of nitrogens with one attached hydrogen (secondary N) is 2. The number of aromatic nitrogens is 4. The molecule has 3 aromatic rings. The summed E-state index contributed by atoms with van der Waals surface area (Å²) in [6.07, 6.45) is 1.61. The molecule has 12 heteroatoms. The van der Waals surface area contributed by atoms with Crippen molar-refractivity contribution in [1.82, 2.24) is 25.1 Å². The molecule has 4 N–H and O–H groups in total. The molecule has 2 aromatic heterocycles. The largest absolute Gasteiger partial charge is 0.383 e. The predicted molar refractivity (Wildman–Crippen MR) is 120 cm³/mol. The first-order valence-electron chi connectivity index (χ1n) is 9.99. The minimum Gasteiger partial charge on any atom is -0.383 e. The number of hydrogen-bond acceptors (Lipinski definition) is 8. The van der Waals surface area contributed by atoms with Crippen molar-refractivity contribution in [1.29, 1.82) is 0 Å². The first kappa shape index (κ1) is 23.1. The molecular weight excluding hydrogens is 437 g/mol. The molecule has 170 valence electrons. The van der Waals surface area contributed by atoms with Gasteiger partial charge in [-0.05, 0) is 24.1 Å². The zero-order valence-corrected chi connectivity index (χ0v) is 18.5. The van der Waals surface area contributed by atoms with Crippen LogP contribution in [-0.4, -0.2) is 32.7 Å². The number of amides is 1. The van der Waals surface area contributed by atoms with Crippen LogP contribution in [0.2, 0.25) is 0 Å². The van der Waals surface area contributed by atoms with E-state index in [1.165, 1.54) is 16.7 Å². The lowest BCUT2D eigenvalue weighted by Gasteiger charge is -2.20. The van der Waals surface area contributed by atoms with Crippen molar-refractivity contribution < 1.29 is 9.18 Å². The Balaban J connectivity index is 1.69. The number of nitrogens with two attached hydrogens (primary N) is 1. The second kappa shape index (κ2) is 10.2. The summed E-state index contributed by atoms with van der Waals surface area (Å²) >= 11 is 1.08. The van der Waals surface area contributed by atoms with Crippen molar-refractivity contribution in [3.8, 4) is 0 Å². The van der Waals surface area contributed by atoms with Gasteiger partial charge in [0.15, 0.2) is 0 Å². The van der Waals surface area contributed by atoms with Crippen molar-refractivity contribution >= 4 is 28.7 Å². The average Bonchev–Trinajstić information content (AvgIpc) is 3.21. The highest BCUT2D eigenvalue weighted by atomic mass is 32.1. The lowest BCUT2D eigenvalue weighted by molar-refractivity contribution is 0.0950. The summed E-state index contributed by atoms with van der Waals surface area (Å²) in [6, 6.07) is 5.80. The number of nitrogen functional groups attached to an aromatic ring is 1. The van der Waals surface area contributed by atoms with Crippen LogP contribution in [0.4, 0.5) is 15.9 Å². The summed E-state index contributed by atoms with van der Waals surface area (Å²) in [5.74, 6) is -0.680. The van der Waals surface area contributed by atoms with Gasteiger partial charge in [0.2, 0.25) is 5.01 Å². The molecule has 1 aromatic carbocycles. The highest BCUT2D eigenvalue weighted by molar-refractivity contribution is 7.13. The molecule has 0 saturated carbocycles. The van der Waals surface area contributed by atoms with E-state index in [0.29, 0.717) is 11.6 Å². The van der Waals surface area contributed by atoms with Crippen molar-refractivity contribution in [2.45, 2.75) is 39.4 Å². The molecule has 0 spiro atoms. The molecule has 0 aliphatic heterocycles. The standard InChI is InChI=1S/C20H24FN7O3S/c1-3-4-9-28-16(22)15(17(29)24-20(28)31)27(2)11-14-25-26-19(32-14)18(30)23-10-12-5-7-13(21)8-6-12/h5-8H,3-4,9-11,22H2,1-2H3,(H,23,30)(H,24,29,31).